The molecule has 0 bridgehead atoms. The zero-order valence-electron chi connectivity index (χ0n) is 11.0. The maximum absolute atomic E-state index is 11.9. The van der Waals surface area contributed by atoms with E-state index in [0.29, 0.717) is 38.7 Å². The van der Waals surface area contributed by atoms with Crippen molar-refractivity contribution in [2.75, 3.05) is 37.8 Å². The van der Waals surface area contributed by atoms with Gasteiger partial charge in [-0.2, -0.15) is 0 Å². The number of morpholine rings is 1. The fourth-order valence-corrected chi connectivity index (χ4v) is 2.67. The van der Waals surface area contributed by atoms with Crippen molar-refractivity contribution in [2.24, 2.45) is 7.05 Å². The Morgan fingerprint density at radius 2 is 2.16 bits per heavy atom. The number of rotatable bonds is 5. The third-order valence-corrected chi connectivity index (χ3v) is 4.11. The zero-order chi connectivity index (χ0) is 13.7. The molecule has 1 amide bonds. The number of carbonyl (C=O) groups excluding carboxylic acids is 1. The number of ether oxygens (including phenoxy) is 1. The average molecular weight is 285 g/mol. The molecule has 0 saturated carbocycles. The molecule has 1 fully saturated rings. The van der Waals surface area contributed by atoms with Crippen molar-refractivity contribution < 1.29 is 9.53 Å². The Kier molecular flexibility index (Phi) is 5.03. The van der Waals surface area contributed by atoms with Crippen LogP contribution in [0, 0.1) is 0 Å². The molecule has 0 aromatic carbocycles. The molecule has 0 aliphatic carbocycles. The SMILES string of the molecule is Cn1c(N)nnc1SCCCC(=O)N1CCOCC1. The van der Waals surface area contributed by atoms with Gasteiger partial charge < -0.3 is 15.4 Å². The van der Waals surface area contributed by atoms with E-state index < -0.39 is 0 Å². The Morgan fingerprint density at radius 1 is 1.42 bits per heavy atom. The molecule has 2 N–H and O–H groups in total. The Balaban J connectivity index is 1.66. The van der Waals surface area contributed by atoms with Crippen molar-refractivity contribution >= 4 is 23.6 Å². The van der Waals surface area contributed by atoms with Crippen molar-refractivity contribution in [1.29, 1.82) is 0 Å². The number of hydrogen-bond donors (Lipinski definition) is 1. The predicted octanol–water partition coefficient (Wildman–Crippen LogP) is 0.128. The van der Waals surface area contributed by atoms with E-state index in [1.165, 1.54) is 0 Å². The first-order valence-corrected chi connectivity index (χ1v) is 7.30. The van der Waals surface area contributed by atoms with Crippen LogP contribution in [0.15, 0.2) is 5.16 Å². The van der Waals surface area contributed by atoms with Crippen LogP contribution in [0.5, 0.6) is 0 Å². The van der Waals surface area contributed by atoms with Gasteiger partial charge in [-0.05, 0) is 6.42 Å². The fraction of sp³-hybridized carbons (Fsp3) is 0.727. The van der Waals surface area contributed by atoms with E-state index in [9.17, 15) is 4.79 Å². The van der Waals surface area contributed by atoms with Crippen molar-refractivity contribution in [2.45, 2.75) is 18.0 Å². The van der Waals surface area contributed by atoms with Gasteiger partial charge in [0.2, 0.25) is 11.9 Å². The highest BCUT2D eigenvalue weighted by Crippen LogP contribution is 2.18. The van der Waals surface area contributed by atoms with Crippen LogP contribution in [-0.4, -0.2) is 57.6 Å². The molecule has 0 atom stereocenters. The minimum Gasteiger partial charge on any atom is -0.378 e. The molecule has 1 aromatic rings. The van der Waals surface area contributed by atoms with Gasteiger partial charge in [0, 0.05) is 32.3 Å². The smallest absolute Gasteiger partial charge is 0.222 e. The van der Waals surface area contributed by atoms with Gasteiger partial charge in [-0.1, -0.05) is 11.8 Å². The molecular weight excluding hydrogens is 266 g/mol. The molecule has 1 aromatic heterocycles. The van der Waals surface area contributed by atoms with E-state index in [1.807, 2.05) is 11.9 Å². The van der Waals surface area contributed by atoms with Gasteiger partial charge in [-0.3, -0.25) is 9.36 Å². The molecule has 8 heteroatoms. The summed E-state index contributed by atoms with van der Waals surface area (Å²) in [7, 11) is 1.83. The van der Waals surface area contributed by atoms with Gasteiger partial charge in [-0.15, -0.1) is 10.2 Å². The summed E-state index contributed by atoms with van der Waals surface area (Å²) in [5, 5.41) is 8.53. The Labute approximate surface area is 116 Å². The summed E-state index contributed by atoms with van der Waals surface area (Å²) < 4.78 is 6.97. The third kappa shape index (κ3) is 3.84. The normalized spacial score (nSPS) is 15.7. The molecule has 19 heavy (non-hydrogen) atoms. The molecule has 2 heterocycles. The Morgan fingerprint density at radius 3 is 2.79 bits per heavy atom. The number of nitrogen functional groups attached to an aromatic ring is 1. The summed E-state index contributed by atoms with van der Waals surface area (Å²) in [4.78, 5) is 13.8. The van der Waals surface area contributed by atoms with Gasteiger partial charge in [0.15, 0.2) is 5.16 Å². The lowest BCUT2D eigenvalue weighted by molar-refractivity contribution is -0.135. The molecule has 2 rings (SSSR count). The number of aromatic nitrogens is 3. The fourth-order valence-electron chi connectivity index (χ4n) is 1.81. The summed E-state index contributed by atoms with van der Waals surface area (Å²) in [6.07, 6.45) is 1.40. The van der Waals surface area contributed by atoms with Crippen LogP contribution in [-0.2, 0) is 16.6 Å². The number of nitrogens with two attached hydrogens (primary N) is 1. The maximum Gasteiger partial charge on any atom is 0.222 e. The highest BCUT2D eigenvalue weighted by atomic mass is 32.2. The van der Waals surface area contributed by atoms with E-state index in [1.54, 1.807) is 16.3 Å². The largest absolute Gasteiger partial charge is 0.378 e. The van der Waals surface area contributed by atoms with Crippen LogP contribution < -0.4 is 5.73 Å². The molecule has 0 spiro atoms. The standard InChI is InChI=1S/C11H19N5O2S/c1-15-10(12)13-14-11(15)19-8-2-3-9(17)16-4-6-18-7-5-16/h2-8H2,1H3,(H2,12,13). The van der Waals surface area contributed by atoms with E-state index in [4.69, 9.17) is 10.5 Å². The number of nitrogens with zero attached hydrogens (tertiary/aromatic N) is 4. The topological polar surface area (TPSA) is 86.3 Å². The second-order valence-corrected chi connectivity index (χ2v) is 5.41. The summed E-state index contributed by atoms with van der Waals surface area (Å²) in [6.45, 7) is 2.73. The van der Waals surface area contributed by atoms with Crippen LogP contribution in [0.2, 0.25) is 0 Å². The lowest BCUT2D eigenvalue weighted by atomic mass is 10.3. The first-order chi connectivity index (χ1) is 9.18. The summed E-state index contributed by atoms with van der Waals surface area (Å²) in [5.41, 5.74) is 5.59. The van der Waals surface area contributed by atoms with Gasteiger partial charge in [0.25, 0.3) is 0 Å². The summed E-state index contributed by atoms with van der Waals surface area (Å²) in [5.74, 6) is 1.45. The van der Waals surface area contributed by atoms with Crippen LogP contribution in [0.3, 0.4) is 0 Å². The van der Waals surface area contributed by atoms with Crippen molar-refractivity contribution in [1.82, 2.24) is 19.7 Å². The minimum atomic E-state index is 0.210. The second-order valence-electron chi connectivity index (χ2n) is 4.34. The Hall–Kier alpha value is -1.28. The minimum absolute atomic E-state index is 0.210. The molecule has 1 aliphatic heterocycles. The maximum atomic E-state index is 11.9. The van der Waals surface area contributed by atoms with Gasteiger partial charge in [0.05, 0.1) is 13.2 Å². The highest BCUT2D eigenvalue weighted by Gasteiger charge is 2.16. The second kappa shape index (κ2) is 6.76. The quantitative estimate of drug-likeness (QED) is 0.611. The van der Waals surface area contributed by atoms with Crippen molar-refractivity contribution in [3.63, 3.8) is 0 Å². The number of thioether (sulfide) groups is 1. The lowest BCUT2D eigenvalue weighted by Gasteiger charge is -2.26. The summed E-state index contributed by atoms with van der Waals surface area (Å²) in [6, 6.07) is 0. The molecule has 106 valence electrons. The number of hydrogen-bond acceptors (Lipinski definition) is 6. The number of carbonyl (C=O) groups is 1. The van der Waals surface area contributed by atoms with Gasteiger partial charge in [-0.25, -0.2) is 0 Å². The van der Waals surface area contributed by atoms with Crippen LogP contribution in [0.4, 0.5) is 5.95 Å². The van der Waals surface area contributed by atoms with Crippen LogP contribution >= 0.6 is 11.8 Å². The van der Waals surface area contributed by atoms with E-state index >= 15 is 0 Å². The molecule has 1 saturated heterocycles. The number of amides is 1. The molecule has 7 nitrogen and oxygen atoms in total. The first kappa shape index (κ1) is 14.1. The average Bonchev–Trinajstić information content (AvgIpc) is 2.76. The van der Waals surface area contributed by atoms with E-state index in [0.717, 1.165) is 17.3 Å². The number of anilines is 1. The molecule has 0 radical (unpaired) electrons. The van der Waals surface area contributed by atoms with Crippen LogP contribution in [0.25, 0.3) is 0 Å². The highest BCUT2D eigenvalue weighted by molar-refractivity contribution is 7.99. The van der Waals surface area contributed by atoms with Crippen molar-refractivity contribution in [3.05, 3.63) is 0 Å². The van der Waals surface area contributed by atoms with E-state index in [-0.39, 0.29) is 5.91 Å². The monoisotopic (exact) mass is 285 g/mol. The van der Waals surface area contributed by atoms with Gasteiger partial charge in [0.1, 0.15) is 0 Å². The van der Waals surface area contributed by atoms with Gasteiger partial charge >= 0.3 is 0 Å². The lowest BCUT2D eigenvalue weighted by Crippen LogP contribution is -2.40. The van der Waals surface area contributed by atoms with E-state index in [2.05, 4.69) is 10.2 Å². The third-order valence-electron chi connectivity index (χ3n) is 3.00. The molecule has 0 unspecified atom stereocenters. The zero-order valence-corrected chi connectivity index (χ0v) is 11.9. The Bertz CT molecular complexity index is 431. The summed E-state index contributed by atoms with van der Waals surface area (Å²) >= 11 is 1.57. The molecule has 1 aliphatic rings. The van der Waals surface area contributed by atoms with Crippen molar-refractivity contribution in [3.8, 4) is 0 Å². The van der Waals surface area contributed by atoms with Crippen LogP contribution in [0.1, 0.15) is 12.8 Å². The first-order valence-electron chi connectivity index (χ1n) is 6.31. The predicted molar refractivity (Wildman–Crippen MR) is 72.8 cm³/mol. The molecular formula is C11H19N5O2S.